The lowest BCUT2D eigenvalue weighted by molar-refractivity contribution is 0.105. The van der Waals surface area contributed by atoms with E-state index in [9.17, 15) is 0 Å². The molecule has 1 fully saturated rings. The summed E-state index contributed by atoms with van der Waals surface area (Å²) in [7, 11) is 3.39. The van der Waals surface area contributed by atoms with Crippen LogP contribution in [0.3, 0.4) is 0 Å². The van der Waals surface area contributed by atoms with E-state index in [1.807, 2.05) is 25.1 Å². The summed E-state index contributed by atoms with van der Waals surface area (Å²) in [5.41, 5.74) is 0.899. The average Bonchev–Trinajstić information content (AvgIpc) is 3.08. The standard InChI is InChI=1S/C17H27N3O3.HI/c1-4-22-15-8-7-13(12-16(15)21-3)20-17(18-2)19-10-9-14-6-5-11-23-14;/h7-8,12,14H,4-6,9-11H2,1-3H3,(H2,18,19,20);1H. The monoisotopic (exact) mass is 449 g/mol. The molecule has 6 nitrogen and oxygen atoms in total. The highest BCUT2D eigenvalue weighted by Gasteiger charge is 2.15. The minimum Gasteiger partial charge on any atom is -0.493 e. The van der Waals surface area contributed by atoms with E-state index in [1.165, 1.54) is 6.42 Å². The first kappa shape index (κ1) is 20.8. The van der Waals surface area contributed by atoms with Gasteiger partial charge >= 0.3 is 0 Å². The second-order valence-electron chi connectivity index (χ2n) is 5.35. The molecule has 136 valence electrons. The summed E-state index contributed by atoms with van der Waals surface area (Å²) >= 11 is 0. The second kappa shape index (κ2) is 11.4. The second-order valence-corrected chi connectivity index (χ2v) is 5.35. The van der Waals surface area contributed by atoms with Crippen LogP contribution in [0, 0.1) is 0 Å². The lowest BCUT2D eigenvalue weighted by Gasteiger charge is -2.15. The van der Waals surface area contributed by atoms with Crippen LogP contribution in [0.4, 0.5) is 5.69 Å². The van der Waals surface area contributed by atoms with Gasteiger partial charge in [0, 0.05) is 32.0 Å². The highest BCUT2D eigenvalue weighted by molar-refractivity contribution is 14.0. The maximum atomic E-state index is 5.62. The summed E-state index contributed by atoms with van der Waals surface area (Å²) in [6.07, 6.45) is 3.70. The van der Waals surface area contributed by atoms with Gasteiger partial charge in [0.1, 0.15) is 0 Å². The van der Waals surface area contributed by atoms with Crippen molar-refractivity contribution in [2.75, 3.05) is 39.2 Å². The Kier molecular flexibility index (Phi) is 9.85. The van der Waals surface area contributed by atoms with E-state index in [1.54, 1.807) is 14.2 Å². The van der Waals surface area contributed by atoms with Gasteiger partial charge in [-0.05, 0) is 38.3 Å². The van der Waals surface area contributed by atoms with Gasteiger partial charge in [-0.15, -0.1) is 24.0 Å². The fourth-order valence-electron chi connectivity index (χ4n) is 2.56. The Morgan fingerprint density at radius 1 is 1.38 bits per heavy atom. The van der Waals surface area contributed by atoms with E-state index in [-0.39, 0.29) is 24.0 Å². The Hall–Kier alpha value is -1.22. The Bertz CT molecular complexity index is 520. The van der Waals surface area contributed by atoms with Crippen LogP contribution in [0.5, 0.6) is 11.5 Å². The zero-order chi connectivity index (χ0) is 16.5. The van der Waals surface area contributed by atoms with Gasteiger partial charge in [-0.1, -0.05) is 0 Å². The minimum atomic E-state index is 0. The third kappa shape index (κ3) is 6.35. The zero-order valence-electron chi connectivity index (χ0n) is 14.6. The zero-order valence-corrected chi connectivity index (χ0v) is 17.0. The molecule has 0 saturated carbocycles. The van der Waals surface area contributed by atoms with Gasteiger partial charge in [0.15, 0.2) is 17.5 Å². The summed E-state index contributed by atoms with van der Waals surface area (Å²) in [4.78, 5) is 4.24. The molecule has 1 saturated heterocycles. The highest BCUT2D eigenvalue weighted by atomic mass is 127. The molecular weight excluding hydrogens is 421 g/mol. The number of rotatable bonds is 7. The molecule has 0 radical (unpaired) electrons. The maximum absolute atomic E-state index is 5.62. The molecule has 1 aromatic rings. The largest absolute Gasteiger partial charge is 0.493 e. The minimum absolute atomic E-state index is 0. The molecule has 1 aromatic carbocycles. The smallest absolute Gasteiger partial charge is 0.195 e. The Balaban J connectivity index is 0.00000288. The molecule has 0 aromatic heterocycles. The van der Waals surface area contributed by atoms with E-state index in [0.717, 1.165) is 43.4 Å². The van der Waals surface area contributed by atoms with Gasteiger partial charge in [0.25, 0.3) is 0 Å². The van der Waals surface area contributed by atoms with Gasteiger partial charge in [0.05, 0.1) is 19.8 Å². The number of nitrogens with one attached hydrogen (secondary N) is 2. The summed E-state index contributed by atoms with van der Waals surface area (Å²) in [6, 6.07) is 5.74. The molecule has 1 aliphatic heterocycles. The molecule has 1 heterocycles. The van der Waals surface area contributed by atoms with E-state index in [2.05, 4.69) is 15.6 Å². The van der Waals surface area contributed by atoms with Crippen LogP contribution in [-0.2, 0) is 4.74 Å². The molecule has 0 spiro atoms. The summed E-state index contributed by atoms with van der Waals surface area (Å²) in [6.45, 7) is 4.28. The molecule has 1 aliphatic rings. The summed E-state index contributed by atoms with van der Waals surface area (Å²) < 4.78 is 16.5. The molecular formula is C17H28IN3O3. The SMILES string of the molecule is CCOc1ccc(NC(=NC)NCCC2CCCO2)cc1OC.I. The van der Waals surface area contributed by atoms with Crippen molar-refractivity contribution in [1.29, 1.82) is 0 Å². The van der Waals surface area contributed by atoms with Gasteiger partial charge in [-0.2, -0.15) is 0 Å². The number of halogens is 1. The average molecular weight is 449 g/mol. The van der Waals surface area contributed by atoms with Crippen molar-refractivity contribution in [3.63, 3.8) is 0 Å². The van der Waals surface area contributed by atoms with Crippen LogP contribution in [0.25, 0.3) is 0 Å². The number of methoxy groups -OCH3 is 1. The predicted octanol–water partition coefficient (Wildman–Crippen LogP) is 3.27. The van der Waals surface area contributed by atoms with E-state index in [4.69, 9.17) is 14.2 Å². The van der Waals surface area contributed by atoms with Crippen LogP contribution >= 0.6 is 24.0 Å². The summed E-state index contributed by atoms with van der Waals surface area (Å²) in [5, 5.41) is 6.57. The summed E-state index contributed by atoms with van der Waals surface area (Å²) in [5.74, 6) is 2.17. The van der Waals surface area contributed by atoms with Crippen LogP contribution in [-0.4, -0.2) is 46.0 Å². The molecule has 7 heteroatoms. The molecule has 0 amide bonds. The Morgan fingerprint density at radius 2 is 2.21 bits per heavy atom. The van der Waals surface area contributed by atoms with Crippen molar-refractivity contribution in [3.8, 4) is 11.5 Å². The predicted molar refractivity (Wildman–Crippen MR) is 108 cm³/mol. The Morgan fingerprint density at radius 3 is 2.83 bits per heavy atom. The molecule has 0 aliphatic carbocycles. The highest BCUT2D eigenvalue weighted by Crippen LogP contribution is 2.30. The third-order valence-electron chi connectivity index (χ3n) is 3.73. The molecule has 0 bridgehead atoms. The molecule has 1 atom stereocenters. The van der Waals surface area contributed by atoms with Gasteiger partial charge in [-0.25, -0.2) is 0 Å². The van der Waals surface area contributed by atoms with E-state index in [0.29, 0.717) is 18.5 Å². The van der Waals surface area contributed by atoms with Gasteiger partial charge in [0.2, 0.25) is 0 Å². The van der Waals surface area contributed by atoms with Gasteiger partial charge < -0.3 is 24.8 Å². The number of benzene rings is 1. The van der Waals surface area contributed by atoms with Gasteiger partial charge in [-0.3, -0.25) is 4.99 Å². The fourth-order valence-corrected chi connectivity index (χ4v) is 2.56. The third-order valence-corrected chi connectivity index (χ3v) is 3.73. The van der Waals surface area contributed by atoms with E-state index >= 15 is 0 Å². The topological polar surface area (TPSA) is 64.1 Å². The number of hydrogen-bond donors (Lipinski definition) is 2. The molecule has 2 rings (SSSR count). The fraction of sp³-hybridized carbons (Fsp3) is 0.588. The van der Waals surface area contributed by atoms with Crippen molar-refractivity contribution in [3.05, 3.63) is 18.2 Å². The first-order valence-corrected chi connectivity index (χ1v) is 8.17. The number of anilines is 1. The normalized spacial score (nSPS) is 17.1. The number of guanidine groups is 1. The van der Waals surface area contributed by atoms with E-state index < -0.39 is 0 Å². The number of ether oxygens (including phenoxy) is 3. The number of aliphatic imine (C=N–C) groups is 1. The van der Waals surface area contributed by atoms with Crippen molar-refractivity contribution in [1.82, 2.24) is 5.32 Å². The molecule has 2 N–H and O–H groups in total. The lowest BCUT2D eigenvalue weighted by atomic mass is 10.2. The quantitative estimate of drug-likeness (QED) is 0.380. The van der Waals surface area contributed by atoms with Crippen LogP contribution in [0.15, 0.2) is 23.2 Å². The first-order chi connectivity index (χ1) is 11.3. The molecule has 24 heavy (non-hydrogen) atoms. The molecule has 1 unspecified atom stereocenters. The number of hydrogen-bond acceptors (Lipinski definition) is 4. The lowest BCUT2D eigenvalue weighted by Crippen LogP contribution is -2.32. The van der Waals surface area contributed by atoms with Crippen LogP contribution < -0.4 is 20.1 Å². The Labute approximate surface area is 161 Å². The van der Waals surface area contributed by atoms with Crippen molar-refractivity contribution >= 4 is 35.6 Å². The number of nitrogens with zero attached hydrogens (tertiary/aromatic N) is 1. The first-order valence-electron chi connectivity index (χ1n) is 8.17. The van der Waals surface area contributed by atoms with Crippen molar-refractivity contribution in [2.45, 2.75) is 32.3 Å². The van der Waals surface area contributed by atoms with Crippen LogP contribution in [0.1, 0.15) is 26.2 Å². The van der Waals surface area contributed by atoms with Crippen molar-refractivity contribution < 1.29 is 14.2 Å². The maximum Gasteiger partial charge on any atom is 0.195 e. The van der Waals surface area contributed by atoms with Crippen molar-refractivity contribution in [2.24, 2.45) is 4.99 Å². The van der Waals surface area contributed by atoms with Crippen LogP contribution in [0.2, 0.25) is 0 Å².